The molecule has 0 amide bonds. The molecule has 24 heavy (non-hydrogen) atoms. The van der Waals surface area contributed by atoms with Gasteiger partial charge < -0.3 is 10.3 Å². The highest BCUT2D eigenvalue weighted by atomic mass is 35.5. The van der Waals surface area contributed by atoms with E-state index in [1.165, 1.54) is 12.1 Å². The minimum absolute atomic E-state index is 0. The molecule has 2 aromatic rings. The van der Waals surface area contributed by atoms with E-state index in [1.54, 1.807) is 25.1 Å². The molecular weight excluding hydrogens is 352 g/mol. The van der Waals surface area contributed by atoms with Crippen LogP contribution in [-0.4, -0.2) is 18.6 Å². The SMILES string of the molecule is CC(NS(=O)(=O)c1ccccc1)c1nc(C2(N)CCCC2)no1.Cl. The molecule has 3 N–H and O–H groups in total. The predicted octanol–water partition coefficient (Wildman–Crippen LogP) is 2.26. The van der Waals surface area contributed by atoms with Crippen LogP contribution in [0.2, 0.25) is 0 Å². The molecule has 0 saturated heterocycles. The summed E-state index contributed by atoms with van der Waals surface area (Å²) >= 11 is 0. The van der Waals surface area contributed by atoms with E-state index in [4.69, 9.17) is 10.3 Å². The zero-order valence-corrected chi connectivity index (χ0v) is 14.9. The summed E-state index contributed by atoms with van der Waals surface area (Å²) in [6.07, 6.45) is 3.71. The summed E-state index contributed by atoms with van der Waals surface area (Å²) < 4.78 is 32.4. The van der Waals surface area contributed by atoms with Gasteiger partial charge in [-0.2, -0.15) is 9.71 Å². The highest BCUT2D eigenvalue weighted by Crippen LogP contribution is 2.34. The van der Waals surface area contributed by atoms with Crippen LogP contribution in [0.3, 0.4) is 0 Å². The van der Waals surface area contributed by atoms with Crippen molar-refractivity contribution in [3.05, 3.63) is 42.0 Å². The van der Waals surface area contributed by atoms with Gasteiger partial charge in [0, 0.05) is 0 Å². The number of benzene rings is 1. The van der Waals surface area contributed by atoms with Crippen LogP contribution in [0.1, 0.15) is 50.4 Å². The number of sulfonamides is 1. The Morgan fingerprint density at radius 1 is 1.25 bits per heavy atom. The van der Waals surface area contributed by atoms with Crippen LogP contribution in [-0.2, 0) is 15.6 Å². The van der Waals surface area contributed by atoms with Gasteiger partial charge in [-0.25, -0.2) is 8.42 Å². The summed E-state index contributed by atoms with van der Waals surface area (Å²) in [6.45, 7) is 1.66. The molecule has 1 aliphatic carbocycles. The Kier molecular flexibility index (Phi) is 5.64. The Bertz CT molecular complexity index is 773. The molecule has 0 aliphatic heterocycles. The number of nitrogens with two attached hydrogens (primary N) is 1. The maximum atomic E-state index is 12.3. The van der Waals surface area contributed by atoms with Gasteiger partial charge in [0.2, 0.25) is 15.9 Å². The second-order valence-corrected chi connectivity index (χ2v) is 7.69. The van der Waals surface area contributed by atoms with Gasteiger partial charge in [0.15, 0.2) is 5.82 Å². The minimum atomic E-state index is -3.64. The first kappa shape index (κ1) is 18.9. The van der Waals surface area contributed by atoms with Gasteiger partial charge in [0.25, 0.3) is 0 Å². The zero-order chi connectivity index (χ0) is 16.5. The van der Waals surface area contributed by atoms with Crippen LogP contribution >= 0.6 is 12.4 Å². The Labute approximate surface area is 147 Å². The fourth-order valence-corrected chi connectivity index (χ4v) is 4.01. The average Bonchev–Trinajstić information content (AvgIpc) is 3.17. The monoisotopic (exact) mass is 372 g/mol. The number of halogens is 1. The molecule has 9 heteroatoms. The summed E-state index contributed by atoms with van der Waals surface area (Å²) in [7, 11) is -3.64. The standard InChI is InChI=1S/C15H20N4O3S.ClH/c1-11(19-23(20,21)12-7-3-2-4-8-12)13-17-14(18-22-13)15(16)9-5-6-10-15;/h2-4,7-8,11,19H,5-6,9-10,16H2,1H3;1H. The van der Waals surface area contributed by atoms with E-state index in [0.717, 1.165) is 25.7 Å². The van der Waals surface area contributed by atoms with Crippen molar-refractivity contribution in [1.82, 2.24) is 14.9 Å². The van der Waals surface area contributed by atoms with E-state index >= 15 is 0 Å². The summed E-state index contributed by atoms with van der Waals surface area (Å²) in [5, 5.41) is 3.95. The van der Waals surface area contributed by atoms with Crippen LogP contribution in [0.15, 0.2) is 39.8 Å². The fraction of sp³-hybridized carbons (Fsp3) is 0.467. The maximum Gasteiger partial charge on any atom is 0.244 e. The van der Waals surface area contributed by atoms with Crippen LogP contribution < -0.4 is 10.5 Å². The Balaban J connectivity index is 0.00000208. The molecule has 0 spiro atoms. The van der Waals surface area contributed by atoms with Crippen molar-refractivity contribution in [3.63, 3.8) is 0 Å². The lowest BCUT2D eigenvalue weighted by Crippen LogP contribution is -2.34. The van der Waals surface area contributed by atoms with Gasteiger partial charge in [0.1, 0.15) is 0 Å². The van der Waals surface area contributed by atoms with Crippen molar-refractivity contribution in [2.75, 3.05) is 0 Å². The summed E-state index contributed by atoms with van der Waals surface area (Å²) in [4.78, 5) is 4.50. The molecule has 1 atom stereocenters. The van der Waals surface area contributed by atoms with E-state index in [9.17, 15) is 8.42 Å². The Morgan fingerprint density at radius 2 is 1.88 bits per heavy atom. The lowest BCUT2D eigenvalue weighted by Gasteiger charge is -2.17. The van der Waals surface area contributed by atoms with Crippen molar-refractivity contribution in [2.24, 2.45) is 5.73 Å². The van der Waals surface area contributed by atoms with Crippen LogP contribution in [0, 0.1) is 0 Å². The second-order valence-electron chi connectivity index (χ2n) is 5.98. The molecule has 0 radical (unpaired) electrons. The molecule has 1 heterocycles. The topological polar surface area (TPSA) is 111 Å². The van der Waals surface area contributed by atoms with Crippen LogP contribution in [0.5, 0.6) is 0 Å². The predicted molar refractivity (Wildman–Crippen MR) is 91.1 cm³/mol. The number of hydrogen-bond donors (Lipinski definition) is 2. The third kappa shape index (κ3) is 3.77. The summed E-state index contributed by atoms with van der Waals surface area (Å²) in [5.41, 5.74) is 5.73. The molecular formula is C15H21ClN4O3S. The first-order chi connectivity index (χ1) is 10.9. The van der Waals surface area contributed by atoms with Gasteiger partial charge >= 0.3 is 0 Å². The van der Waals surface area contributed by atoms with E-state index in [1.807, 2.05) is 0 Å². The molecule has 132 valence electrons. The first-order valence-electron chi connectivity index (χ1n) is 7.61. The molecule has 1 unspecified atom stereocenters. The quantitative estimate of drug-likeness (QED) is 0.832. The number of hydrogen-bond acceptors (Lipinski definition) is 6. The highest BCUT2D eigenvalue weighted by Gasteiger charge is 2.36. The molecule has 1 aromatic heterocycles. The van der Waals surface area contributed by atoms with Crippen molar-refractivity contribution in [3.8, 4) is 0 Å². The number of nitrogens with zero attached hydrogens (tertiary/aromatic N) is 2. The van der Waals surface area contributed by atoms with E-state index in [-0.39, 0.29) is 23.2 Å². The van der Waals surface area contributed by atoms with Gasteiger partial charge in [-0.15, -0.1) is 12.4 Å². The van der Waals surface area contributed by atoms with Gasteiger partial charge in [-0.1, -0.05) is 36.2 Å². The lowest BCUT2D eigenvalue weighted by molar-refractivity contribution is 0.333. The van der Waals surface area contributed by atoms with E-state index < -0.39 is 21.6 Å². The molecule has 1 fully saturated rings. The molecule has 1 aliphatic rings. The largest absolute Gasteiger partial charge is 0.338 e. The van der Waals surface area contributed by atoms with Gasteiger partial charge in [0.05, 0.1) is 16.5 Å². The smallest absolute Gasteiger partial charge is 0.244 e. The van der Waals surface area contributed by atoms with Crippen molar-refractivity contribution in [1.29, 1.82) is 0 Å². The second kappa shape index (κ2) is 7.18. The summed E-state index contributed by atoms with van der Waals surface area (Å²) in [5.74, 6) is 0.673. The van der Waals surface area contributed by atoms with Crippen LogP contribution in [0.4, 0.5) is 0 Å². The van der Waals surface area contributed by atoms with Crippen molar-refractivity contribution in [2.45, 2.75) is 49.1 Å². The number of aromatic nitrogens is 2. The van der Waals surface area contributed by atoms with E-state index in [2.05, 4.69) is 14.9 Å². The highest BCUT2D eigenvalue weighted by molar-refractivity contribution is 7.89. The summed E-state index contributed by atoms with van der Waals surface area (Å²) in [6, 6.07) is 7.52. The van der Waals surface area contributed by atoms with Gasteiger partial charge in [-0.05, 0) is 31.9 Å². The van der Waals surface area contributed by atoms with Crippen LogP contribution in [0.25, 0.3) is 0 Å². The number of rotatable bonds is 5. The molecule has 1 aromatic carbocycles. The Morgan fingerprint density at radius 3 is 2.50 bits per heavy atom. The molecule has 7 nitrogen and oxygen atoms in total. The molecule has 0 bridgehead atoms. The van der Waals surface area contributed by atoms with Crippen molar-refractivity contribution >= 4 is 22.4 Å². The first-order valence-corrected chi connectivity index (χ1v) is 9.09. The minimum Gasteiger partial charge on any atom is -0.338 e. The number of nitrogens with one attached hydrogen (secondary N) is 1. The fourth-order valence-electron chi connectivity index (χ4n) is 2.79. The maximum absolute atomic E-state index is 12.3. The zero-order valence-electron chi connectivity index (χ0n) is 13.3. The average molecular weight is 373 g/mol. The third-order valence-corrected chi connectivity index (χ3v) is 5.70. The molecule has 1 saturated carbocycles. The molecule has 3 rings (SSSR count). The third-order valence-electron chi connectivity index (χ3n) is 4.14. The van der Waals surface area contributed by atoms with E-state index in [0.29, 0.717) is 5.82 Å². The van der Waals surface area contributed by atoms with Gasteiger partial charge in [-0.3, -0.25) is 0 Å². The van der Waals surface area contributed by atoms with Crippen molar-refractivity contribution < 1.29 is 12.9 Å². The normalized spacial score (nSPS) is 18.1. The Hall–Kier alpha value is -1.48. The lowest BCUT2D eigenvalue weighted by atomic mass is 9.99.